The van der Waals surface area contributed by atoms with Gasteiger partial charge in [0.05, 0.1) is 6.10 Å². The average molecular weight is 162 g/mol. The van der Waals surface area contributed by atoms with Crippen LogP contribution in [0.3, 0.4) is 0 Å². The minimum absolute atomic E-state index is 0.0295. The highest BCUT2D eigenvalue weighted by Gasteiger charge is 2.13. The lowest BCUT2D eigenvalue weighted by molar-refractivity contribution is -0.137. The molecule has 5 nitrogen and oxygen atoms in total. The summed E-state index contributed by atoms with van der Waals surface area (Å²) in [6.45, 7) is 0.0702. The monoisotopic (exact) mass is 162 g/mol. The second-order valence-corrected chi connectivity index (χ2v) is 2.40. The maximum atomic E-state index is 10.0. The molecule has 0 rings (SSSR count). The van der Waals surface area contributed by atoms with E-state index in [9.17, 15) is 4.79 Å². The first kappa shape index (κ1) is 10.3. The van der Waals surface area contributed by atoms with Gasteiger partial charge in [-0.15, -0.1) is 0 Å². The summed E-state index contributed by atoms with van der Waals surface area (Å²) in [7, 11) is 0. The molecule has 11 heavy (non-hydrogen) atoms. The molecule has 0 spiro atoms. The van der Waals surface area contributed by atoms with Gasteiger partial charge in [-0.3, -0.25) is 4.79 Å². The first-order valence-electron chi connectivity index (χ1n) is 3.43. The van der Waals surface area contributed by atoms with Crippen LogP contribution >= 0.6 is 0 Å². The predicted octanol–water partition coefficient (Wildman–Crippen LogP) is -1.50. The van der Waals surface area contributed by atoms with Crippen molar-refractivity contribution >= 4 is 5.97 Å². The molecule has 0 aliphatic carbocycles. The number of aliphatic hydroxyl groups excluding tert-OH is 1. The Morgan fingerprint density at radius 3 is 2.45 bits per heavy atom. The molecule has 0 radical (unpaired) electrons. The van der Waals surface area contributed by atoms with Crippen molar-refractivity contribution in [1.29, 1.82) is 0 Å². The summed E-state index contributed by atoms with van der Waals surface area (Å²) in [6.07, 6.45) is -0.569. The Balaban J connectivity index is 3.51. The van der Waals surface area contributed by atoms with Crippen molar-refractivity contribution in [1.82, 2.24) is 0 Å². The molecule has 0 fully saturated rings. The smallest absolute Gasteiger partial charge is 0.303 e. The van der Waals surface area contributed by atoms with Crippen LogP contribution < -0.4 is 11.5 Å². The molecule has 0 aromatic carbocycles. The van der Waals surface area contributed by atoms with Gasteiger partial charge in [0, 0.05) is 19.0 Å². The highest BCUT2D eigenvalue weighted by atomic mass is 16.4. The van der Waals surface area contributed by atoms with Crippen LogP contribution in [0.5, 0.6) is 0 Å². The molecule has 1 unspecified atom stereocenters. The zero-order valence-corrected chi connectivity index (χ0v) is 6.23. The van der Waals surface area contributed by atoms with Gasteiger partial charge in [-0.2, -0.15) is 0 Å². The van der Waals surface area contributed by atoms with Crippen LogP contribution in [0.25, 0.3) is 0 Å². The summed E-state index contributed by atoms with van der Waals surface area (Å²) in [6, 6.07) is -0.531. The highest BCUT2D eigenvalue weighted by Crippen LogP contribution is 1.98. The number of hydrogen-bond donors (Lipinski definition) is 4. The van der Waals surface area contributed by atoms with Crippen LogP contribution in [-0.4, -0.2) is 34.9 Å². The third-order valence-corrected chi connectivity index (χ3v) is 1.43. The van der Waals surface area contributed by atoms with Crippen LogP contribution in [0.1, 0.15) is 12.8 Å². The van der Waals surface area contributed by atoms with Gasteiger partial charge >= 0.3 is 5.97 Å². The fraction of sp³-hybridized carbons (Fsp3) is 0.833. The van der Waals surface area contributed by atoms with E-state index in [0.717, 1.165) is 0 Å². The summed E-state index contributed by atoms with van der Waals surface area (Å²) in [5, 5.41) is 17.2. The van der Waals surface area contributed by atoms with Gasteiger partial charge in [-0.05, 0) is 6.42 Å². The quantitative estimate of drug-likeness (QED) is 0.393. The molecule has 0 heterocycles. The van der Waals surface area contributed by atoms with E-state index >= 15 is 0 Å². The van der Waals surface area contributed by atoms with Crippen molar-refractivity contribution in [2.24, 2.45) is 11.5 Å². The Labute approximate surface area is 65.0 Å². The molecule has 0 aliphatic rings. The molecule has 0 aromatic rings. The highest BCUT2D eigenvalue weighted by molar-refractivity contribution is 5.66. The third-order valence-electron chi connectivity index (χ3n) is 1.43. The standard InChI is InChI=1S/C6H14N2O3/c7-3-5(9)4(8)1-2-6(10)11/h4-5,9H,1-3,7-8H2,(H,10,11)/t4-,5?/m0/s1. The second kappa shape index (κ2) is 5.06. The van der Waals surface area contributed by atoms with E-state index in [4.69, 9.17) is 21.7 Å². The zero-order valence-electron chi connectivity index (χ0n) is 6.23. The summed E-state index contributed by atoms with van der Waals surface area (Å²) >= 11 is 0. The van der Waals surface area contributed by atoms with E-state index in [-0.39, 0.29) is 19.4 Å². The largest absolute Gasteiger partial charge is 0.481 e. The van der Waals surface area contributed by atoms with Crippen molar-refractivity contribution in [2.45, 2.75) is 25.0 Å². The lowest BCUT2D eigenvalue weighted by Crippen LogP contribution is -2.40. The molecule has 6 N–H and O–H groups in total. The summed E-state index contributed by atoms with van der Waals surface area (Å²) in [4.78, 5) is 10.0. The van der Waals surface area contributed by atoms with Crippen molar-refractivity contribution in [2.75, 3.05) is 6.54 Å². The molecule has 0 amide bonds. The van der Waals surface area contributed by atoms with E-state index < -0.39 is 18.1 Å². The van der Waals surface area contributed by atoms with Crippen LogP contribution in [0.15, 0.2) is 0 Å². The third kappa shape index (κ3) is 4.72. The Kier molecular flexibility index (Phi) is 4.76. The number of carboxylic acid groups (broad SMARTS) is 1. The predicted molar refractivity (Wildman–Crippen MR) is 39.9 cm³/mol. The minimum Gasteiger partial charge on any atom is -0.481 e. The number of nitrogens with two attached hydrogens (primary N) is 2. The molecule has 0 saturated carbocycles. The summed E-state index contributed by atoms with van der Waals surface area (Å²) < 4.78 is 0. The molecule has 2 atom stereocenters. The first-order chi connectivity index (χ1) is 5.07. The number of carbonyl (C=O) groups is 1. The van der Waals surface area contributed by atoms with Gasteiger partial charge in [0.1, 0.15) is 0 Å². The van der Waals surface area contributed by atoms with Gasteiger partial charge in [-0.1, -0.05) is 0 Å². The fourth-order valence-corrected chi connectivity index (χ4v) is 0.657. The van der Waals surface area contributed by atoms with Gasteiger partial charge < -0.3 is 21.7 Å². The molecule has 66 valence electrons. The topological polar surface area (TPSA) is 110 Å². The average Bonchev–Trinajstić information content (AvgIpc) is 1.98. The summed E-state index contributed by atoms with van der Waals surface area (Å²) in [5.74, 6) is -0.912. The van der Waals surface area contributed by atoms with Crippen LogP contribution in [-0.2, 0) is 4.79 Å². The van der Waals surface area contributed by atoms with E-state index in [1.54, 1.807) is 0 Å². The van der Waals surface area contributed by atoms with Gasteiger partial charge in [0.2, 0.25) is 0 Å². The second-order valence-electron chi connectivity index (χ2n) is 2.40. The van der Waals surface area contributed by atoms with Crippen molar-refractivity contribution in [3.05, 3.63) is 0 Å². The van der Waals surface area contributed by atoms with Gasteiger partial charge in [0.25, 0.3) is 0 Å². The van der Waals surface area contributed by atoms with Crippen molar-refractivity contribution < 1.29 is 15.0 Å². The number of aliphatic carboxylic acids is 1. The Hall–Kier alpha value is -0.650. The van der Waals surface area contributed by atoms with Crippen molar-refractivity contribution in [3.8, 4) is 0 Å². The number of hydrogen-bond acceptors (Lipinski definition) is 4. The van der Waals surface area contributed by atoms with Crippen LogP contribution in [0.2, 0.25) is 0 Å². The number of rotatable bonds is 5. The lowest BCUT2D eigenvalue weighted by Gasteiger charge is -2.15. The maximum absolute atomic E-state index is 10.0. The van der Waals surface area contributed by atoms with Gasteiger partial charge in [0.15, 0.2) is 0 Å². The minimum atomic E-state index is -0.912. The SMILES string of the molecule is NCC(O)[C@@H](N)CCC(=O)O. The van der Waals surface area contributed by atoms with Crippen LogP contribution in [0, 0.1) is 0 Å². The zero-order chi connectivity index (χ0) is 8.85. The fourth-order valence-electron chi connectivity index (χ4n) is 0.657. The van der Waals surface area contributed by atoms with E-state index in [0.29, 0.717) is 0 Å². The molecule has 0 aromatic heterocycles. The molecular weight excluding hydrogens is 148 g/mol. The number of aliphatic hydroxyl groups is 1. The van der Waals surface area contributed by atoms with Gasteiger partial charge in [-0.25, -0.2) is 0 Å². The Morgan fingerprint density at radius 2 is 2.09 bits per heavy atom. The Bertz CT molecular complexity index is 129. The molecule has 0 aliphatic heterocycles. The van der Waals surface area contributed by atoms with E-state index in [1.807, 2.05) is 0 Å². The van der Waals surface area contributed by atoms with Crippen LogP contribution in [0.4, 0.5) is 0 Å². The lowest BCUT2D eigenvalue weighted by atomic mass is 10.1. The molecular formula is C6H14N2O3. The maximum Gasteiger partial charge on any atom is 0.303 e. The Morgan fingerprint density at radius 1 is 1.55 bits per heavy atom. The summed E-state index contributed by atoms with van der Waals surface area (Å²) in [5.41, 5.74) is 10.5. The van der Waals surface area contributed by atoms with E-state index in [2.05, 4.69) is 0 Å². The van der Waals surface area contributed by atoms with Crippen molar-refractivity contribution in [3.63, 3.8) is 0 Å². The number of carboxylic acids is 1. The van der Waals surface area contributed by atoms with E-state index in [1.165, 1.54) is 0 Å². The molecule has 0 saturated heterocycles. The molecule has 5 heteroatoms. The first-order valence-corrected chi connectivity index (χ1v) is 3.43. The molecule has 0 bridgehead atoms. The normalized spacial score (nSPS) is 15.9.